The minimum atomic E-state index is -0.616. The van der Waals surface area contributed by atoms with E-state index in [4.69, 9.17) is 4.74 Å². The Balaban J connectivity index is 1.73. The SMILES string of the molecule is CC(=O)OC1CCC2C1CCC(C(=O)c1ccc(C)cc1)[N+]2=O. The Hall–Kier alpha value is -2.04. The predicted octanol–water partition coefficient (Wildman–Crippen LogP) is 2.83. The zero-order valence-corrected chi connectivity index (χ0v) is 13.5. The first kappa shape index (κ1) is 15.8. The van der Waals surface area contributed by atoms with Gasteiger partial charge >= 0.3 is 5.97 Å². The van der Waals surface area contributed by atoms with E-state index < -0.39 is 6.04 Å². The van der Waals surface area contributed by atoms with Crippen LogP contribution in [0.25, 0.3) is 0 Å². The highest BCUT2D eigenvalue weighted by atomic mass is 16.5. The van der Waals surface area contributed by atoms with Gasteiger partial charge in [-0.1, -0.05) is 29.8 Å². The molecule has 0 spiro atoms. The van der Waals surface area contributed by atoms with Crippen LogP contribution < -0.4 is 0 Å². The molecule has 3 rings (SSSR count). The van der Waals surface area contributed by atoms with Crippen molar-refractivity contribution in [3.63, 3.8) is 0 Å². The molecule has 1 aliphatic heterocycles. The monoisotopic (exact) mass is 316 g/mol. The second-order valence-electron chi connectivity index (χ2n) is 6.64. The van der Waals surface area contributed by atoms with E-state index in [1.165, 1.54) is 6.92 Å². The van der Waals surface area contributed by atoms with E-state index in [1.807, 2.05) is 19.1 Å². The van der Waals surface area contributed by atoms with Gasteiger partial charge in [0, 0.05) is 35.0 Å². The minimum absolute atomic E-state index is 0.0541. The second-order valence-corrected chi connectivity index (χ2v) is 6.64. The molecule has 4 unspecified atom stereocenters. The first-order valence-electron chi connectivity index (χ1n) is 8.21. The number of carbonyl (C=O) groups excluding carboxylic acids is 2. The lowest BCUT2D eigenvalue weighted by molar-refractivity contribution is -0.622. The Bertz CT molecular complexity index is 637. The zero-order chi connectivity index (χ0) is 16.6. The van der Waals surface area contributed by atoms with E-state index in [-0.39, 0.29) is 29.8 Å². The first-order chi connectivity index (χ1) is 11.0. The number of nitrogens with zero attached hydrogens (tertiary/aromatic N) is 1. The summed E-state index contributed by atoms with van der Waals surface area (Å²) in [7, 11) is 0. The number of ether oxygens (including phenoxy) is 1. The van der Waals surface area contributed by atoms with Gasteiger partial charge < -0.3 is 4.74 Å². The quantitative estimate of drug-likeness (QED) is 0.489. The second kappa shape index (κ2) is 6.22. The van der Waals surface area contributed by atoms with Crippen LogP contribution in [0.15, 0.2) is 24.3 Å². The molecular formula is C18H22NO4+. The molecule has 1 aromatic carbocycles. The fraction of sp³-hybridized carbons (Fsp3) is 0.556. The van der Waals surface area contributed by atoms with Gasteiger partial charge in [0.2, 0.25) is 11.8 Å². The number of ketones is 1. The molecule has 1 heterocycles. The molecule has 5 heteroatoms. The lowest BCUT2D eigenvalue weighted by atomic mass is 9.85. The van der Waals surface area contributed by atoms with Crippen molar-refractivity contribution in [2.75, 3.05) is 0 Å². The van der Waals surface area contributed by atoms with Crippen molar-refractivity contribution in [3.05, 3.63) is 40.3 Å². The summed E-state index contributed by atoms with van der Waals surface area (Å²) < 4.78 is 6.31. The van der Waals surface area contributed by atoms with E-state index in [0.717, 1.165) is 16.7 Å². The molecule has 0 bridgehead atoms. The Morgan fingerprint density at radius 3 is 2.43 bits per heavy atom. The van der Waals surface area contributed by atoms with Crippen molar-refractivity contribution >= 4 is 11.8 Å². The van der Waals surface area contributed by atoms with Crippen LogP contribution in [-0.4, -0.2) is 34.7 Å². The summed E-state index contributed by atoms with van der Waals surface area (Å²) in [5.41, 5.74) is 1.68. The molecule has 2 fully saturated rings. The lowest BCUT2D eigenvalue weighted by Crippen LogP contribution is -2.47. The van der Waals surface area contributed by atoms with Crippen molar-refractivity contribution in [1.29, 1.82) is 0 Å². The molecule has 4 atom stereocenters. The zero-order valence-electron chi connectivity index (χ0n) is 13.5. The summed E-state index contributed by atoms with van der Waals surface area (Å²) in [6, 6.07) is 6.52. The van der Waals surface area contributed by atoms with Gasteiger partial charge in [-0.15, -0.1) is 0 Å². The molecule has 5 nitrogen and oxygen atoms in total. The molecular weight excluding hydrogens is 294 g/mol. The average Bonchev–Trinajstić information content (AvgIpc) is 2.91. The Kier molecular flexibility index (Phi) is 4.28. The van der Waals surface area contributed by atoms with Gasteiger partial charge in [-0.25, -0.2) is 0 Å². The number of esters is 1. The van der Waals surface area contributed by atoms with Crippen LogP contribution in [0.4, 0.5) is 0 Å². The van der Waals surface area contributed by atoms with Crippen LogP contribution in [0.5, 0.6) is 0 Å². The number of fused-ring (bicyclic) bond motifs is 1. The number of hydrogen-bond donors (Lipinski definition) is 0. The Labute approximate surface area is 135 Å². The van der Waals surface area contributed by atoms with Crippen molar-refractivity contribution in [3.8, 4) is 0 Å². The summed E-state index contributed by atoms with van der Waals surface area (Å²) in [5.74, 6) is -0.348. The van der Waals surface area contributed by atoms with E-state index in [2.05, 4.69) is 0 Å². The fourth-order valence-corrected chi connectivity index (χ4v) is 3.93. The Morgan fingerprint density at radius 2 is 1.78 bits per heavy atom. The smallest absolute Gasteiger partial charge is 0.302 e. The third-order valence-electron chi connectivity index (χ3n) is 5.08. The number of benzene rings is 1. The number of carbonyl (C=O) groups is 2. The third kappa shape index (κ3) is 3.05. The molecule has 122 valence electrons. The average molecular weight is 316 g/mol. The third-order valence-corrected chi connectivity index (χ3v) is 5.08. The highest BCUT2D eigenvalue weighted by molar-refractivity contribution is 5.99. The highest BCUT2D eigenvalue weighted by Gasteiger charge is 2.54. The van der Waals surface area contributed by atoms with Crippen molar-refractivity contribution in [2.24, 2.45) is 5.92 Å². The van der Waals surface area contributed by atoms with Gasteiger partial charge in [-0.2, -0.15) is 0 Å². The van der Waals surface area contributed by atoms with E-state index in [9.17, 15) is 14.5 Å². The van der Waals surface area contributed by atoms with Crippen LogP contribution in [0, 0.1) is 17.7 Å². The van der Waals surface area contributed by atoms with Crippen LogP contribution in [0.2, 0.25) is 0 Å². The van der Waals surface area contributed by atoms with Crippen molar-refractivity contribution in [1.82, 2.24) is 0 Å². The van der Waals surface area contributed by atoms with Gasteiger partial charge in [0.25, 0.3) is 6.04 Å². The first-order valence-corrected chi connectivity index (χ1v) is 8.21. The van der Waals surface area contributed by atoms with Crippen molar-refractivity contribution < 1.29 is 19.1 Å². The fourth-order valence-electron chi connectivity index (χ4n) is 3.93. The Morgan fingerprint density at radius 1 is 1.09 bits per heavy atom. The van der Waals surface area contributed by atoms with Gasteiger partial charge in [0.15, 0.2) is 0 Å². The standard InChI is InChI=1S/C18H22NO4/c1-11-3-5-13(6-4-11)18(21)16-8-7-14-15(19(16)22)9-10-17(14)23-12(2)20/h3-6,14-17H,7-10H2,1-2H3/q+1. The van der Waals surface area contributed by atoms with Gasteiger partial charge in [-0.05, 0) is 19.8 Å². The topological polar surface area (TPSA) is 63.5 Å². The maximum absolute atomic E-state index is 12.7. The summed E-state index contributed by atoms with van der Waals surface area (Å²) >= 11 is 0. The summed E-state index contributed by atoms with van der Waals surface area (Å²) in [6.45, 7) is 3.36. The summed E-state index contributed by atoms with van der Waals surface area (Å²) in [5, 5.41) is 0. The number of aryl methyl sites for hydroxylation is 1. The van der Waals surface area contributed by atoms with Gasteiger partial charge in [0.1, 0.15) is 6.10 Å². The van der Waals surface area contributed by atoms with Crippen LogP contribution in [-0.2, 0) is 9.53 Å². The van der Waals surface area contributed by atoms with Crippen LogP contribution >= 0.6 is 0 Å². The van der Waals surface area contributed by atoms with Crippen LogP contribution in [0.1, 0.15) is 48.5 Å². The number of hydrogen-bond acceptors (Lipinski definition) is 4. The number of nitroso groups, excluding NO2 is 1. The molecule has 1 saturated carbocycles. The maximum atomic E-state index is 12.7. The van der Waals surface area contributed by atoms with E-state index in [0.29, 0.717) is 24.8 Å². The molecule has 1 aromatic rings. The van der Waals surface area contributed by atoms with E-state index >= 15 is 0 Å². The predicted molar refractivity (Wildman–Crippen MR) is 84.2 cm³/mol. The number of rotatable bonds is 3. The molecule has 0 aromatic heterocycles. The molecule has 0 radical (unpaired) electrons. The summed E-state index contributed by atoms with van der Waals surface area (Å²) in [4.78, 5) is 36.5. The van der Waals surface area contributed by atoms with Gasteiger partial charge in [-0.3, -0.25) is 9.59 Å². The normalized spacial score (nSPS) is 29.9. The number of Topliss-reactive ketones (excluding diaryl/α,β-unsaturated/α-hetero) is 1. The number of piperidine rings is 1. The minimum Gasteiger partial charge on any atom is -0.462 e. The molecule has 0 N–H and O–H groups in total. The molecule has 0 amide bonds. The highest BCUT2D eigenvalue weighted by Crippen LogP contribution is 2.39. The molecule has 1 saturated heterocycles. The van der Waals surface area contributed by atoms with E-state index in [1.54, 1.807) is 12.1 Å². The molecule has 2 aliphatic rings. The van der Waals surface area contributed by atoms with Crippen LogP contribution in [0.3, 0.4) is 0 Å². The van der Waals surface area contributed by atoms with Crippen molar-refractivity contribution in [2.45, 2.75) is 57.7 Å². The maximum Gasteiger partial charge on any atom is 0.302 e. The van der Waals surface area contributed by atoms with Gasteiger partial charge in [0.05, 0.1) is 5.92 Å². The largest absolute Gasteiger partial charge is 0.462 e. The lowest BCUT2D eigenvalue weighted by Gasteiger charge is -2.26. The molecule has 1 aliphatic carbocycles. The summed E-state index contributed by atoms with van der Waals surface area (Å²) in [6.07, 6.45) is 2.49. The molecule has 23 heavy (non-hydrogen) atoms.